The second-order valence-electron chi connectivity index (χ2n) is 20.2. The molecule has 0 bridgehead atoms. The van der Waals surface area contributed by atoms with E-state index in [0.717, 1.165) is 0 Å². The number of fused-ring (bicyclic) bond motifs is 1. The predicted molar refractivity (Wildman–Crippen MR) is 265 cm³/mol. The number of aromatic hydroxyl groups is 2. The summed E-state index contributed by atoms with van der Waals surface area (Å²) >= 11 is 12.3. The Morgan fingerprint density at radius 3 is 2.15 bits per heavy atom. The maximum absolute atomic E-state index is 14.0. The molecule has 4 aliphatic rings. The Hall–Kier alpha value is -3.67. The van der Waals surface area contributed by atoms with E-state index >= 15 is 0 Å². The molecule has 0 saturated carbocycles. The Morgan fingerprint density at radius 1 is 0.877 bits per heavy atom. The lowest BCUT2D eigenvalue weighted by Crippen LogP contribution is -2.65. The SMILES string of the molecule is CCc1c(Cl)c(O)c(Cl)c(O)c1C(=O)O[C@H]1[C@H](O)[C@H](OC)[C@H](OC/C2=C\C=C\C[C@H](O)/C(C)=C/[C@H](CC)[C@@H](O[C@@H]3OC(C)(C)[C@@H](OC(=O)C(C)C)[C@H](O)[C@@H]3O)C3(C)OC3/C(C)=C/C[C@@H]([C@@H](C)O)OC2=O)O[C@@H]1C. The van der Waals surface area contributed by atoms with Crippen molar-refractivity contribution < 1.29 is 92.8 Å². The number of aliphatic hydroxyl groups is 5. The highest BCUT2D eigenvalue weighted by atomic mass is 35.5. The minimum atomic E-state index is -1.63. The number of rotatable bonds is 13. The van der Waals surface area contributed by atoms with E-state index in [2.05, 4.69) is 0 Å². The molecule has 2 unspecified atom stereocenters. The molecule has 3 fully saturated rings. The van der Waals surface area contributed by atoms with E-state index in [-0.39, 0.29) is 35.4 Å². The van der Waals surface area contributed by atoms with Crippen molar-refractivity contribution in [2.24, 2.45) is 11.8 Å². The maximum Gasteiger partial charge on any atom is 0.342 e. The standard InChI is InChI=1S/C52H74Cl2O19/c1-13-28-21-25(6)31(56)18-16-15-17-29(22-66-50-42(65-12)40(61)41(27(8)67-50)69-48(64)33-30(14-2)34(53)37(58)35(54)36(33)57)47(63)68-32(26(7)55)20-19-24(5)43-52(11,72-43)44(28)71-49-39(60)38(59)45(51(9,10)73-49)70-46(62)23(3)4/h15-17,19,21,23,26-28,31-32,38-45,49-50,55-61H,13-14,18,20,22H2,1-12H3/b16-15+,24-19+,25-21+,29-17+/t26-,27-,28+,31+,32+,38-,39+,40+,41-,42+,43?,44-,45+,49-,50-,52?/m1/s1. The summed E-state index contributed by atoms with van der Waals surface area (Å²) in [5.74, 6) is -4.86. The number of carbonyl (C=O) groups is 3. The van der Waals surface area contributed by atoms with Gasteiger partial charge in [0.1, 0.15) is 58.4 Å². The van der Waals surface area contributed by atoms with Crippen LogP contribution < -0.4 is 0 Å². The largest absolute Gasteiger partial charge is 0.505 e. The van der Waals surface area contributed by atoms with Crippen LogP contribution in [-0.2, 0) is 58.6 Å². The average Bonchev–Trinajstić information content (AvgIpc) is 4.03. The van der Waals surface area contributed by atoms with Gasteiger partial charge in [0.25, 0.3) is 0 Å². The summed E-state index contributed by atoms with van der Waals surface area (Å²) in [6.07, 6.45) is -8.18. The molecule has 1 aromatic rings. The first-order chi connectivity index (χ1) is 34.1. The molecule has 19 nitrogen and oxygen atoms in total. The van der Waals surface area contributed by atoms with E-state index in [4.69, 9.17) is 65.8 Å². The number of ether oxygens (including phenoxy) is 9. The van der Waals surface area contributed by atoms with Crippen LogP contribution in [0.25, 0.3) is 0 Å². The van der Waals surface area contributed by atoms with Crippen LogP contribution in [0.1, 0.15) is 111 Å². The van der Waals surface area contributed by atoms with Gasteiger partial charge in [-0.05, 0) is 90.5 Å². The first-order valence-electron chi connectivity index (χ1n) is 24.6. The highest BCUT2D eigenvalue weighted by Crippen LogP contribution is 2.50. The molecule has 0 radical (unpaired) electrons. The van der Waals surface area contributed by atoms with Crippen molar-refractivity contribution >= 4 is 41.1 Å². The zero-order chi connectivity index (χ0) is 54.6. The molecule has 4 aliphatic heterocycles. The number of esters is 3. The lowest BCUT2D eigenvalue weighted by Gasteiger charge is -2.48. The van der Waals surface area contributed by atoms with Crippen LogP contribution in [0.2, 0.25) is 10.0 Å². The summed E-state index contributed by atoms with van der Waals surface area (Å²) in [7, 11) is 1.26. The van der Waals surface area contributed by atoms with Crippen molar-refractivity contribution in [3.05, 3.63) is 68.3 Å². The third kappa shape index (κ3) is 13.5. The number of phenolic OH excluding ortho intramolecular Hbond substituents is 2. The molecule has 73 heavy (non-hydrogen) atoms. The van der Waals surface area contributed by atoms with Gasteiger partial charge < -0.3 is 78.4 Å². The summed E-state index contributed by atoms with van der Waals surface area (Å²) in [6, 6.07) is 0. The van der Waals surface area contributed by atoms with Crippen LogP contribution in [0, 0.1) is 11.8 Å². The van der Waals surface area contributed by atoms with E-state index in [1.807, 2.05) is 26.8 Å². The van der Waals surface area contributed by atoms with E-state index in [0.29, 0.717) is 17.6 Å². The van der Waals surface area contributed by atoms with Gasteiger partial charge in [-0.25, -0.2) is 9.59 Å². The van der Waals surface area contributed by atoms with Crippen molar-refractivity contribution in [1.82, 2.24) is 0 Å². The lowest BCUT2D eigenvalue weighted by molar-refractivity contribution is -0.339. The minimum Gasteiger partial charge on any atom is -0.505 e. The van der Waals surface area contributed by atoms with Gasteiger partial charge in [0.05, 0.1) is 47.5 Å². The Balaban J connectivity index is 1.39. The number of epoxide rings is 1. The van der Waals surface area contributed by atoms with E-state index < -0.39 is 155 Å². The number of allylic oxidation sites excluding steroid dienone is 2. The van der Waals surface area contributed by atoms with Crippen LogP contribution in [0.4, 0.5) is 0 Å². The lowest BCUT2D eigenvalue weighted by atomic mass is 9.83. The topological polar surface area (TPSA) is 279 Å². The number of cyclic esters (lactones) is 1. The maximum atomic E-state index is 14.0. The number of halogens is 2. The van der Waals surface area contributed by atoms with Crippen LogP contribution in [0.15, 0.2) is 47.1 Å². The molecule has 3 saturated heterocycles. The molecule has 0 aliphatic carbocycles. The smallest absolute Gasteiger partial charge is 0.342 e. The molecule has 410 valence electrons. The quantitative estimate of drug-likeness (QED) is 0.0560. The molecular formula is C52H74Cl2O19. The molecule has 16 atom stereocenters. The van der Waals surface area contributed by atoms with Gasteiger partial charge >= 0.3 is 17.9 Å². The van der Waals surface area contributed by atoms with Gasteiger partial charge in [0.2, 0.25) is 0 Å². The van der Waals surface area contributed by atoms with Gasteiger partial charge in [-0.1, -0.05) is 75.2 Å². The fourth-order valence-electron chi connectivity index (χ4n) is 9.30. The molecular weight excluding hydrogens is 999 g/mol. The van der Waals surface area contributed by atoms with Gasteiger partial charge in [-0.2, -0.15) is 0 Å². The summed E-state index contributed by atoms with van der Waals surface area (Å²) in [6.45, 7) is 18.0. The average molecular weight is 1070 g/mol. The van der Waals surface area contributed by atoms with Gasteiger partial charge in [-0.15, -0.1) is 0 Å². The van der Waals surface area contributed by atoms with Crippen LogP contribution in [0.5, 0.6) is 11.5 Å². The van der Waals surface area contributed by atoms with Gasteiger partial charge in [0, 0.05) is 19.4 Å². The first kappa shape index (κ1) is 60.2. The highest BCUT2D eigenvalue weighted by molar-refractivity contribution is 6.39. The fourth-order valence-corrected chi connectivity index (χ4v) is 9.86. The first-order valence-corrected chi connectivity index (χ1v) is 25.4. The third-order valence-corrected chi connectivity index (χ3v) is 14.7. The summed E-state index contributed by atoms with van der Waals surface area (Å²) < 4.78 is 54.1. The number of aliphatic hydroxyl groups excluding tert-OH is 5. The Bertz CT molecular complexity index is 2260. The molecule has 4 heterocycles. The van der Waals surface area contributed by atoms with E-state index in [1.54, 1.807) is 53.7 Å². The normalized spacial score (nSPS) is 37.4. The number of hydrogen-bond donors (Lipinski definition) is 7. The fraction of sp³-hybridized carbons (Fsp3) is 0.673. The van der Waals surface area contributed by atoms with Gasteiger partial charge in [0.15, 0.2) is 36.3 Å². The zero-order valence-corrected chi connectivity index (χ0v) is 45.0. The number of methoxy groups -OCH3 is 1. The summed E-state index contributed by atoms with van der Waals surface area (Å²) in [5.41, 5.74) is -1.45. The predicted octanol–water partition coefficient (Wildman–Crippen LogP) is 5.45. The molecule has 0 aromatic heterocycles. The van der Waals surface area contributed by atoms with E-state index in [1.165, 1.54) is 33.1 Å². The molecule has 0 spiro atoms. The number of hydrogen-bond acceptors (Lipinski definition) is 19. The van der Waals surface area contributed by atoms with Crippen molar-refractivity contribution in [2.45, 2.75) is 199 Å². The van der Waals surface area contributed by atoms with E-state index in [9.17, 15) is 50.1 Å². The number of phenols is 2. The van der Waals surface area contributed by atoms with Crippen LogP contribution >= 0.6 is 23.2 Å². The highest BCUT2D eigenvalue weighted by Gasteiger charge is 2.62. The second kappa shape index (κ2) is 25.0. The Kier molecular flexibility index (Phi) is 20.6. The minimum absolute atomic E-state index is 0.0442. The summed E-state index contributed by atoms with van der Waals surface area (Å²) in [5, 5.41) is 76.7. The molecule has 7 N–H and O–H groups in total. The molecule has 5 rings (SSSR count). The van der Waals surface area contributed by atoms with Crippen molar-refractivity contribution in [1.29, 1.82) is 0 Å². The second-order valence-corrected chi connectivity index (χ2v) is 20.9. The van der Waals surface area contributed by atoms with Crippen LogP contribution in [-0.4, -0.2) is 164 Å². The van der Waals surface area contributed by atoms with Crippen molar-refractivity contribution in [3.63, 3.8) is 0 Å². The Morgan fingerprint density at radius 2 is 1.55 bits per heavy atom. The van der Waals surface area contributed by atoms with Gasteiger partial charge in [-0.3, -0.25) is 4.79 Å². The molecule has 21 heteroatoms. The number of carbonyl (C=O) groups excluding carboxylic acids is 3. The zero-order valence-electron chi connectivity index (χ0n) is 43.4. The van der Waals surface area contributed by atoms with Crippen molar-refractivity contribution in [3.8, 4) is 11.5 Å². The molecule has 1 aromatic carbocycles. The molecule has 0 amide bonds. The Labute approximate surface area is 436 Å². The van der Waals surface area contributed by atoms with Crippen molar-refractivity contribution in [2.75, 3.05) is 13.7 Å². The monoisotopic (exact) mass is 1070 g/mol. The number of benzene rings is 1. The van der Waals surface area contributed by atoms with Crippen LogP contribution in [0.3, 0.4) is 0 Å². The third-order valence-electron chi connectivity index (χ3n) is 13.9. The summed E-state index contributed by atoms with van der Waals surface area (Å²) in [4.78, 5) is 40.1.